The molecule has 0 aliphatic carbocycles. The van der Waals surface area contributed by atoms with E-state index >= 15 is 0 Å². The maximum Gasteiger partial charge on any atom is 0.354 e. The number of hydrogen-bond donors (Lipinski definition) is 2. The molecule has 2 N–H and O–H groups in total. The Morgan fingerprint density at radius 3 is 2.43 bits per heavy atom. The SMILES string of the molecule is N#Cc1ccc(S(=O)(=O)Nc2ccc(C(=O)O)nc2)cn1. The van der Waals surface area contributed by atoms with Crippen LogP contribution in [0.5, 0.6) is 0 Å². The van der Waals surface area contributed by atoms with Gasteiger partial charge in [-0.15, -0.1) is 0 Å². The number of carbonyl (C=O) groups is 1. The van der Waals surface area contributed by atoms with Crippen molar-refractivity contribution >= 4 is 21.7 Å². The normalized spacial score (nSPS) is 10.6. The zero-order valence-corrected chi connectivity index (χ0v) is 11.2. The summed E-state index contributed by atoms with van der Waals surface area (Å²) in [5.41, 5.74) is 0.0174. The summed E-state index contributed by atoms with van der Waals surface area (Å²) in [4.78, 5) is 17.8. The minimum Gasteiger partial charge on any atom is -0.477 e. The minimum atomic E-state index is -3.88. The highest BCUT2D eigenvalue weighted by molar-refractivity contribution is 7.92. The molecule has 8 nitrogen and oxygen atoms in total. The molecule has 2 rings (SSSR count). The second-order valence-corrected chi connectivity index (χ2v) is 5.52. The number of rotatable bonds is 4. The van der Waals surface area contributed by atoms with Gasteiger partial charge in [-0.25, -0.2) is 23.2 Å². The first-order valence-corrected chi connectivity index (χ1v) is 6.99. The van der Waals surface area contributed by atoms with Crippen LogP contribution in [-0.2, 0) is 10.0 Å². The van der Waals surface area contributed by atoms with E-state index in [0.717, 1.165) is 12.4 Å². The van der Waals surface area contributed by atoms with Crippen LogP contribution in [0.3, 0.4) is 0 Å². The highest BCUT2D eigenvalue weighted by Crippen LogP contribution is 2.15. The third-order valence-electron chi connectivity index (χ3n) is 2.40. The average molecular weight is 304 g/mol. The van der Waals surface area contributed by atoms with E-state index in [4.69, 9.17) is 10.4 Å². The number of hydrogen-bond acceptors (Lipinski definition) is 6. The number of nitriles is 1. The highest BCUT2D eigenvalue weighted by atomic mass is 32.2. The Balaban J connectivity index is 2.24. The van der Waals surface area contributed by atoms with Gasteiger partial charge in [0.15, 0.2) is 0 Å². The van der Waals surface area contributed by atoms with Gasteiger partial charge in [-0.05, 0) is 24.3 Å². The van der Waals surface area contributed by atoms with Crippen LogP contribution in [0.15, 0.2) is 41.6 Å². The number of carboxylic acids is 1. The molecule has 21 heavy (non-hydrogen) atoms. The van der Waals surface area contributed by atoms with Crippen LogP contribution in [0.25, 0.3) is 0 Å². The van der Waals surface area contributed by atoms with Crippen molar-refractivity contribution in [3.63, 3.8) is 0 Å². The smallest absolute Gasteiger partial charge is 0.354 e. The van der Waals surface area contributed by atoms with Gasteiger partial charge in [-0.1, -0.05) is 0 Å². The Morgan fingerprint density at radius 2 is 1.95 bits per heavy atom. The molecule has 0 aliphatic heterocycles. The van der Waals surface area contributed by atoms with Gasteiger partial charge in [0.25, 0.3) is 10.0 Å². The van der Waals surface area contributed by atoms with Crippen molar-refractivity contribution in [2.45, 2.75) is 4.90 Å². The van der Waals surface area contributed by atoms with Crippen molar-refractivity contribution in [3.05, 3.63) is 48.0 Å². The molecular weight excluding hydrogens is 296 g/mol. The number of anilines is 1. The van der Waals surface area contributed by atoms with Crippen molar-refractivity contribution in [2.75, 3.05) is 4.72 Å². The van der Waals surface area contributed by atoms with Crippen molar-refractivity contribution in [1.29, 1.82) is 5.26 Å². The Bertz CT molecular complexity index is 808. The monoisotopic (exact) mass is 304 g/mol. The van der Waals surface area contributed by atoms with Gasteiger partial charge in [-0.2, -0.15) is 5.26 Å². The van der Waals surface area contributed by atoms with Crippen LogP contribution in [-0.4, -0.2) is 29.5 Å². The fourth-order valence-electron chi connectivity index (χ4n) is 1.40. The molecule has 0 atom stereocenters. The average Bonchev–Trinajstić information content (AvgIpc) is 2.47. The zero-order valence-electron chi connectivity index (χ0n) is 10.4. The first-order chi connectivity index (χ1) is 9.92. The van der Waals surface area contributed by atoms with Crippen molar-refractivity contribution in [3.8, 4) is 6.07 Å². The van der Waals surface area contributed by atoms with Gasteiger partial charge in [0.05, 0.1) is 11.9 Å². The molecule has 0 aromatic carbocycles. The molecule has 0 saturated heterocycles. The van der Waals surface area contributed by atoms with E-state index in [2.05, 4.69) is 14.7 Å². The molecule has 0 radical (unpaired) electrons. The number of sulfonamides is 1. The Kier molecular flexibility index (Phi) is 3.82. The molecule has 0 fully saturated rings. The van der Waals surface area contributed by atoms with Crippen LogP contribution < -0.4 is 4.72 Å². The lowest BCUT2D eigenvalue weighted by atomic mass is 10.3. The Morgan fingerprint density at radius 1 is 1.19 bits per heavy atom. The van der Waals surface area contributed by atoms with Gasteiger partial charge in [0.2, 0.25) is 0 Å². The van der Waals surface area contributed by atoms with E-state index in [1.54, 1.807) is 6.07 Å². The van der Waals surface area contributed by atoms with E-state index in [9.17, 15) is 13.2 Å². The molecule has 0 bridgehead atoms. The maximum atomic E-state index is 12.0. The van der Waals surface area contributed by atoms with Crippen LogP contribution >= 0.6 is 0 Å². The maximum absolute atomic E-state index is 12.0. The minimum absolute atomic E-state index is 0.0985. The number of pyridine rings is 2. The lowest BCUT2D eigenvalue weighted by Crippen LogP contribution is -2.14. The topological polar surface area (TPSA) is 133 Å². The number of aromatic nitrogens is 2. The van der Waals surface area contributed by atoms with Crippen LogP contribution in [0.4, 0.5) is 5.69 Å². The van der Waals surface area contributed by atoms with Gasteiger partial charge < -0.3 is 5.11 Å². The first-order valence-electron chi connectivity index (χ1n) is 5.51. The van der Waals surface area contributed by atoms with Crippen LogP contribution in [0, 0.1) is 11.3 Å². The quantitative estimate of drug-likeness (QED) is 0.855. The number of nitrogens with one attached hydrogen (secondary N) is 1. The van der Waals surface area contributed by atoms with E-state index < -0.39 is 16.0 Å². The summed E-state index contributed by atoms with van der Waals surface area (Å²) in [7, 11) is -3.88. The third kappa shape index (κ3) is 3.31. The molecule has 2 heterocycles. The highest BCUT2D eigenvalue weighted by Gasteiger charge is 2.15. The van der Waals surface area contributed by atoms with Crippen LogP contribution in [0.2, 0.25) is 0 Å². The molecule has 0 spiro atoms. The molecule has 106 valence electrons. The third-order valence-corrected chi connectivity index (χ3v) is 3.76. The summed E-state index contributed by atoms with van der Waals surface area (Å²) >= 11 is 0. The molecule has 0 amide bonds. The van der Waals surface area contributed by atoms with Crippen LogP contribution in [0.1, 0.15) is 16.2 Å². The standard InChI is InChI=1S/C12H8N4O4S/c13-5-8-1-3-10(7-14-8)21(19,20)16-9-2-4-11(12(17)18)15-6-9/h1-4,6-7,16H,(H,17,18). The first kappa shape index (κ1) is 14.4. The lowest BCUT2D eigenvalue weighted by molar-refractivity contribution is 0.0690. The largest absolute Gasteiger partial charge is 0.477 e. The van der Waals surface area contributed by atoms with Crippen molar-refractivity contribution in [2.24, 2.45) is 0 Å². The zero-order chi connectivity index (χ0) is 15.5. The molecule has 0 aliphatic rings. The Hall–Kier alpha value is -2.99. The molecular formula is C12H8N4O4S. The van der Waals surface area contributed by atoms with Crippen molar-refractivity contribution < 1.29 is 18.3 Å². The number of nitrogens with zero attached hydrogens (tertiary/aromatic N) is 3. The second-order valence-electron chi connectivity index (χ2n) is 3.83. The van der Waals surface area contributed by atoms with E-state index in [0.29, 0.717) is 0 Å². The van der Waals surface area contributed by atoms with Gasteiger partial charge >= 0.3 is 5.97 Å². The van der Waals surface area contributed by atoms with E-state index in [-0.39, 0.29) is 22.0 Å². The molecule has 2 aromatic rings. The van der Waals surface area contributed by atoms with Crippen molar-refractivity contribution in [1.82, 2.24) is 9.97 Å². The summed E-state index contributed by atoms with van der Waals surface area (Å²) in [6, 6.07) is 6.76. The molecule has 9 heteroatoms. The summed E-state index contributed by atoms with van der Waals surface area (Å²) in [5.74, 6) is -1.21. The van der Waals surface area contributed by atoms with E-state index in [1.807, 2.05) is 0 Å². The summed E-state index contributed by atoms with van der Waals surface area (Å²) in [6.45, 7) is 0. The summed E-state index contributed by atoms with van der Waals surface area (Å²) < 4.78 is 26.3. The van der Waals surface area contributed by atoms with E-state index in [1.165, 1.54) is 24.3 Å². The Labute approximate surface area is 119 Å². The van der Waals surface area contributed by atoms with Gasteiger partial charge in [0.1, 0.15) is 22.4 Å². The molecule has 0 saturated carbocycles. The fourth-order valence-corrected chi connectivity index (χ4v) is 2.39. The number of aromatic carboxylic acids is 1. The van der Waals surface area contributed by atoms with Gasteiger partial charge in [0, 0.05) is 6.20 Å². The summed E-state index contributed by atoms with van der Waals surface area (Å²) in [6.07, 6.45) is 2.15. The fraction of sp³-hybridized carbons (Fsp3) is 0. The summed E-state index contributed by atoms with van der Waals surface area (Å²) in [5, 5.41) is 17.3. The predicted octanol–water partition coefficient (Wildman–Crippen LogP) is 0.847. The molecule has 0 unspecified atom stereocenters. The predicted molar refractivity (Wildman–Crippen MR) is 71.0 cm³/mol. The molecule has 2 aromatic heterocycles. The lowest BCUT2D eigenvalue weighted by Gasteiger charge is -2.07. The van der Waals surface area contributed by atoms with Gasteiger partial charge in [-0.3, -0.25) is 4.72 Å². The number of carboxylic acid groups (broad SMARTS) is 1. The second kappa shape index (κ2) is 5.56.